The number of ether oxygens (including phenoxy) is 2. The summed E-state index contributed by atoms with van der Waals surface area (Å²) in [6.45, 7) is 1.87. The van der Waals surface area contributed by atoms with E-state index in [0.717, 1.165) is 12.8 Å². The molecular formula is C14H17NO3S. The quantitative estimate of drug-likeness (QED) is 0.825. The first kappa shape index (κ1) is 14.0. The molecule has 0 radical (unpaired) electrons. The molecule has 1 unspecified atom stereocenters. The maximum atomic E-state index is 12.0. The molecule has 0 amide bonds. The Morgan fingerprint density at radius 3 is 2.63 bits per heavy atom. The van der Waals surface area contributed by atoms with E-state index in [2.05, 4.69) is 6.07 Å². The average Bonchev–Trinajstić information content (AvgIpc) is 2.49. The lowest BCUT2D eigenvalue weighted by molar-refractivity contribution is 0.0991. The van der Waals surface area contributed by atoms with Gasteiger partial charge in [0.05, 0.1) is 24.0 Å². The second kappa shape index (κ2) is 7.27. The second-order valence-electron chi connectivity index (χ2n) is 4.38. The van der Waals surface area contributed by atoms with Gasteiger partial charge in [-0.1, -0.05) is 0 Å². The molecule has 1 saturated heterocycles. The van der Waals surface area contributed by atoms with E-state index in [9.17, 15) is 4.21 Å². The van der Waals surface area contributed by atoms with Crippen LogP contribution >= 0.6 is 0 Å². The average molecular weight is 279 g/mol. The largest absolute Gasteiger partial charge is 0.493 e. The van der Waals surface area contributed by atoms with E-state index in [0.29, 0.717) is 36.9 Å². The number of benzene rings is 1. The zero-order valence-corrected chi connectivity index (χ0v) is 11.5. The molecule has 1 aliphatic rings. The van der Waals surface area contributed by atoms with Crippen molar-refractivity contribution in [3.63, 3.8) is 0 Å². The third-order valence-electron chi connectivity index (χ3n) is 3.08. The van der Waals surface area contributed by atoms with Crippen LogP contribution in [-0.2, 0) is 15.5 Å². The van der Waals surface area contributed by atoms with Gasteiger partial charge in [0.25, 0.3) is 0 Å². The normalized spacial score (nSPS) is 17.6. The molecule has 1 atom stereocenters. The standard InChI is InChI=1S/C14H17NO3S/c15-11-12-1-3-13(4-2-12)18-9-10-19(16)14-5-7-17-8-6-14/h1-4,14H,5-10H2. The number of hydrogen-bond acceptors (Lipinski definition) is 4. The Labute approximate surface area is 115 Å². The molecule has 1 heterocycles. The summed E-state index contributed by atoms with van der Waals surface area (Å²) in [5, 5.41) is 8.93. The Morgan fingerprint density at radius 2 is 2.00 bits per heavy atom. The van der Waals surface area contributed by atoms with Crippen LogP contribution in [0.5, 0.6) is 5.75 Å². The highest BCUT2D eigenvalue weighted by atomic mass is 32.2. The first-order chi connectivity index (χ1) is 9.29. The predicted molar refractivity (Wildman–Crippen MR) is 73.5 cm³/mol. The topological polar surface area (TPSA) is 59.3 Å². The summed E-state index contributed by atoms with van der Waals surface area (Å²) in [4.78, 5) is 0. The highest BCUT2D eigenvalue weighted by Gasteiger charge is 2.19. The fourth-order valence-electron chi connectivity index (χ4n) is 1.97. The van der Waals surface area contributed by atoms with E-state index in [1.54, 1.807) is 24.3 Å². The summed E-state index contributed by atoms with van der Waals surface area (Å²) in [6, 6.07) is 9.00. The predicted octanol–water partition coefficient (Wildman–Crippen LogP) is 1.86. The summed E-state index contributed by atoms with van der Waals surface area (Å²) in [6.07, 6.45) is 1.76. The van der Waals surface area contributed by atoms with E-state index >= 15 is 0 Å². The molecule has 1 fully saturated rings. The van der Waals surface area contributed by atoms with Gasteiger partial charge in [-0.05, 0) is 37.1 Å². The van der Waals surface area contributed by atoms with Crippen LogP contribution < -0.4 is 4.74 Å². The molecule has 5 heteroatoms. The van der Waals surface area contributed by atoms with Crippen LogP contribution in [0.15, 0.2) is 24.3 Å². The van der Waals surface area contributed by atoms with Crippen LogP contribution in [0.25, 0.3) is 0 Å². The van der Waals surface area contributed by atoms with Crippen molar-refractivity contribution >= 4 is 10.8 Å². The van der Waals surface area contributed by atoms with Gasteiger partial charge in [0.2, 0.25) is 0 Å². The summed E-state index contributed by atoms with van der Waals surface area (Å²) in [5.41, 5.74) is 0.609. The van der Waals surface area contributed by atoms with Gasteiger partial charge in [0.15, 0.2) is 0 Å². The Bertz CT molecular complexity index is 461. The lowest BCUT2D eigenvalue weighted by atomic mass is 10.2. The van der Waals surface area contributed by atoms with E-state index in [1.165, 1.54) is 0 Å². The lowest BCUT2D eigenvalue weighted by Gasteiger charge is -2.21. The number of hydrogen-bond donors (Lipinski definition) is 0. The van der Waals surface area contributed by atoms with Gasteiger partial charge in [-0.3, -0.25) is 4.21 Å². The first-order valence-electron chi connectivity index (χ1n) is 6.37. The van der Waals surface area contributed by atoms with Crippen LogP contribution in [-0.4, -0.2) is 35.0 Å². The van der Waals surface area contributed by atoms with Crippen molar-refractivity contribution in [2.24, 2.45) is 0 Å². The third-order valence-corrected chi connectivity index (χ3v) is 4.86. The number of rotatable bonds is 5. The zero-order valence-electron chi connectivity index (χ0n) is 10.7. The molecule has 102 valence electrons. The van der Waals surface area contributed by atoms with Gasteiger partial charge in [0, 0.05) is 29.3 Å². The van der Waals surface area contributed by atoms with Crippen molar-refractivity contribution in [3.8, 4) is 11.8 Å². The Hall–Kier alpha value is -1.38. The first-order valence-corrected chi connectivity index (χ1v) is 7.75. The van der Waals surface area contributed by atoms with Crippen LogP contribution in [0.4, 0.5) is 0 Å². The summed E-state index contributed by atoms with van der Waals surface area (Å²) >= 11 is 0. The van der Waals surface area contributed by atoms with Crippen LogP contribution in [0.3, 0.4) is 0 Å². The molecule has 4 nitrogen and oxygen atoms in total. The third kappa shape index (κ3) is 4.34. The molecule has 19 heavy (non-hydrogen) atoms. The summed E-state index contributed by atoms with van der Waals surface area (Å²) in [5.74, 6) is 1.26. The minimum atomic E-state index is -0.843. The van der Waals surface area contributed by atoms with Crippen molar-refractivity contribution in [2.75, 3.05) is 25.6 Å². The van der Waals surface area contributed by atoms with Crippen molar-refractivity contribution < 1.29 is 13.7 Å². The van der Waals surface area contributed by atoms with Gasteiger partial charge in [-0.2, -0.15) is 5.26 Å². The van der Waals surface area contributed by atoms with Gasteiger partial charge in [-0.25, -0.2) is 0 Å². The monoisotopic (exact) mass is 279 g/mol. The Balaban J connectivity index is 1.73. The maximum Gasteiger partial charge on any atom is 0.119 e. The van der Waals surface area contributed by atoms with Crippen molar-refractivity contribution in [1.29, 1.82) is 5.26 Å². The van der Waals surface area contributed by atoms with Crippen molar-refractivity contribution in [1.82, 2.24) is 0 Å². The minimum absolute atomic E-state index is 0.248. The summed E-state index contributed by atoms with van der Waals surface area (Å²) < 4.78 is 22.8. The molecule has 0 N–H and O–H groups in total. The molecule has 1 aromatic carbocycles. The lowest BCUT2D eigenvalue weighted by Crippen LogP contribution is -2.27. The Kier molecular flexibility index (Phi) is 5.37. The van der Waals surface area contributed by atoms with Crippen molar-refractivity contribution in [2.45, 2.75) is 18.1 Å². The molecule has 0 aromatic heterocycles. The maximum absolute atomic E-state index is 12.0. The summed E-state index contributed by atoms with van der Waals surface area (Å²) in [7, 11) is -0.843. The number of nitrogens with zero attached hydrogens (tertiary/aromatic N) is 1. The molecule has 2 rings (SSSR count). The smallest absolute Gasteiger partial charge is 0.119 e. The molecule has 0 spiro atoms. The van der Waals surface area contributed by atoms with Crippen LogP contribution in [0.2, 0.25) is 0 Å². The van der Waals surface area contributed by atoms with E-state index < -0.39 is 10.8 Å². The Morgan fingerprint density at radius 1 is 1.32 bits per heavy atom. The van der Waals surface area contributed by atoms with Gasteiger partial charge in [0.1, 0.15) is 5.75 Å². The van der Waals surface area contributed by atoms with Crippen LogP contribution in [0.1, 0.15) is 18.4 Å². The van der Waals surface area contributed by atoms with E-state index in [1.807, 2.05) is 0 Å². The highest BCUT2D eigenvalue weighted by Crippen LogP contribution is 2.15. The number of nitriles is 1. The van der Waals surface area contributed by atoms with Gasteiger partial charge < -0.3 is 9.47 Å². The van der Waals surface area contributed by atoms with E-state index in [-0.39, 0.29) is 5.25 Å². The molecular weight excluding hydrogens is 262 g/mol. The zero-order chi connectivity index (χ0) is 13.5. The fourth-order valence-corrected chi connectivity index (χ4v) is 3.27. The van der Waals surface area contributed by atoms with Crippen LogP contribution in [0, 0.1) is 11.3 Å². The molecule has 0 aliphatic carbocycles. The highest BCUT2D eigenvalue weighted by molar-refractivity contribution is 7.85. The molecule has 0 saturated carbocycles. The second-order valence-corrected chi connectivity index (χ2v) is 6.22. The SMILES string of the molecule is N#Cc1ccc(OCCS(=O)C2CCOCC2)cc1. The van der Waals surface area contributed by atoms with Crippen molar-refractivity contribution in [3.05, 3.63) is 29.8 Å². The fraction of sp³-hybridized carbons (Fsp3) is 0.500. The molecule has 0 bridgehead atoms. The van der Waals surface area contributed by atoms with Gasteiger partial charge in [-0.15, -0.1) is 0 Å². The molecule has 1 aliphatic heterocycles. The molecule has 1 aromatic rings. The van der Waals surface area contributed by atoms with Gasteiger partial charge >= 0.3 is 0 Å². The van der Waals surface area contributed by atoms with E-state index in [4.69, 9.17) is 14.7 Å². The minimum Gasteiger partial charge on any atom is -0.493 e.